The minimum absolute atomic E-state index is 0.444. The van der Waals surface area contributed by atoms with Crippen molar-refractivity contribution in [1.82, 2.24) is 4.90 Å². The van der Waals surface area contributed by atoms with Gasteiger partial charge in [-0.25, -0.2) is 0 Å². The fourth-order valence-electron chi connectivity index (χ4n) is 2.48. The smallest absolute Gasteiger partial charge is 0.0746 e. The Balaban J connectivity index is 1.89. The summed E-state index contributed by atoms with van der Waals surface area (Å²) in [4.78, 5) is 2.47. The summed E-state index contributed by atoms with van der Waals surface area (Å²) in [5.41, 5.74) is -0.444. The van der Waals surface area contributed by atoms with Gasteiger partial charge in [-0.1, -0.05) is 0 Å². The average Bonchev–Trinajstić information content (AvgIpc) is 1.99. The second-order valence-electron chi connectivity index (χ2n) is 5.01. The fraction of sp³-hybridized carbons (Fsp3) is 1.00. The topological polar surface area (TPSA) is 23.5 Å². The van der Waals surface area contributed by atoms with Crippen molar-refractivity contribution in [3.8, 4) is 0 Å². The van der Waals surface area contributed by atoms with Gasteiger partial charge in [0.2, 0.25) is 0 Å². The maximum absolute atomic E-state index is 10.0. The van der Waals surface area contributed by atoms with E-state index in [1.165, 1.54) is 18.7 Å². The fourth-order valence-corrected chi connectivity index (χ4v) is 3.43. The molecule has 2 aliphatic rings. The minimum Gasteiger partial charge on any atom is -0.389 e. The van der Waals surface area contributed by atoms with Gasteiger partial charge in [0.25, 0.3) is 0 Å². The number of hydrogen-bond acceptors (Lipinski definition) is 3. The second kappa shape index (κ2) is 4.03. The highest BCUT2D eigenvalue weighted by Gasteiger charge is 2.35. The van der Waals surface area contributed by atoms with Crippen molar-refractivity contribution in [3.63, 3.8) is 0 Å². The third-order valence-electron chi connectivity index (χ3n) is 3.55. The Hall–Kier alpha value is 0.270. The summed E-state index contributed by atoms with van der Waals surface area (Å²) in [5, 5.41) is 10.8. The van der Waals surface area contributed by atoms with Crippen molar-refractivity contribution in [1.29, 1.82) is 0 Å². The zero-order chi connectivity index (χ0) is 10.2. The number of rotatable bonds is 2. The lowest BCUT2D eigenvalue weighted by molar-refractivity contribution is -0.0282. The van der Waals surface area contributed by atoms with E-state index in [1.54, 1.807) is 0 Å². The Morgan fingerprint density at radius 1 is 1.57 bits per heavy atom. The molecule has 2 saturated heterocycles. The molecule has 2 fully saturated rings. The van der Waals surface area contributed by atoms with Crippen LogP contribution in [0.3, 0.4) is 0 Å². The van der Waals surface area contributed by atoms with Crippen LogP contribution in [-0.4, -0.2) is 45.7 Å². The summed E-state index contributed by atoms with van der Waals surface area (Å²) in [6.45, 7) is 6.33. The molecule has 0 amide bonds. The van der Waals surface area contributed by atoms with E-state index in [0.717, 1.165) is 24.6 Å². The average molecular weight is 215 g/mol. The number of β-amino-alcohol motifs (C(OH)–C–C–N with tert-alkyl or cyclic N) is 1. The molecule has 0 spiro atoms. The van der Waals surface area contributed by atoms with Crippen LogP contribution in [0.25, 0.3) is 0 Å². The lowest BCUT2D eigenvalue weighted by atomic mass is 9.93. The lowest BCUT2D eigenvalue weighted by Gasteiger charge is -2.44. The van der Waals surface area contributed by atoms with Gasteiger partial charge in [-0.2, -0.15) is 11.8 Å². The standard InChI is InChI=1S/C11H21NOS/c1-9(10-4-7-14-10)12-6-3-5-11(2,13)8-12/h9-10,13H,3-8H2,1-2H3/t9?,10?,11-/m0/s1. The van der Waals surface area contributed by atoms with Crippen molar-refractivity contribution in [3.05, 3.63) is 0 Å². The molecule has 1 N–H and O–H groups in total. The molecule has 0 aromatic carbocycles. The second-order valence-corrected chi connectivity index (χ2v) is 6.36. The van der Waals surface area contributed by atoms with Gasteiger partial charge >= 0.3 is 0 Å². The molecular formula is C11H21NOS. The molecule has 0 bridgehead atoms. The molecule has 14 heavy (non-hydrogen) atoms. The number of hydrogen-bond donors (Lipinski definition) is 1. The summed E-state index contributed by atoms with van der Waals surface area (Å²) in [5.74, 6) is 1.33. The molecule has 0 aliphatic carbocycles. The molecule has 0 aromatic heterocycles. The van der Waals surface area contributed by atoms with Crippen molar-refractivity contribution >= 4 is 11.8 Å². The number of likely N-dealkylation sites (tertiary alicyclic amines) is 1. The van der Waals surface area contributed by atoms with E-state index in [9.17, 15) is 5.11 Å². The third kappa shape index (κ3) is 2.26. The predicted octanol–water partition coefficient (Wildman–Crippen LogP) is 1.73. The third-order valence-corrected chi connectivity index (χ3v) is 5.08. The van der Waals surface area contributed by atoms with Gasteiger partial charge in [0.15, 0.2) is 0 Å². The van der Waals surface area contributed by atoms with Crippen LogP contribution >= 0.6 is 11.8 Å². The Morgan fingerprint density at radius 3 is 2.79 bits per heavy atom. The van der Waals surface area contributed by atoms with Crippen LogP contribution in [0.2, 0.25) is 0 Å². The van der Waals surface area contributed by atoms with Gasteiger partial charge < -0.3 is 5.11 Å². The highest BCUT2D eigenvalue weighted by molar-refractivity contribution is 8.01. The molecule has 3 heteroatoms. The number of aliphatic hydroxyl groups is 1. The first-order chi connectivity index (χ1) is 6.58. The van der Waals surface area contributed by atoms with E-state index in [-0.39, 0.29) is 0 Å². The van der Waals surface area contributed by atoms with Crippen molar-refractivity contribution in [2.24, 2.45) is 0 Å². The molecule has 0 saturated carbocycles. The highest BCUT2D eigenvalue weighted by atomic mass is 32.2. The van der Waals surface area contributed by atoms with Crippen LogP contribution in [0.15, 0.2) is 0 Å². The molecule has 2 heterocycles. The van der Waals surface area contributed by atoms with Gasteiger partial charge in [-0.15, -0.1) is 0 Å². The molecule has 2 unspecified atom stereocenters. The summed E-state index contributed by atoms with van der Waals surface area (Å²) in [6.07, 6.45) is 3.48. The van der Waals surface area contributed by atoms with Crippen LogP contribution in [-0.2, 0) is 0 Å². The Kier molecular flexibility index (Phi) is 3.10. The molecule has 0 aromatic rings. The van der Waals surface area contributed by atoms with Crippen LogP contribution in [0.1, 0.15) is 33.1 Å². The minimum atomic E-state index is -0.444. The Morgan fingerprint density at radius 2 is 2.29 bits per heavy atom. The number of thioether (sulfide) groups is 1. The van der Waals surface area contributed by atoms with Gasteiger partial charge in [-0.3, -0.25) is 4.90 Å². The Labute approximate surface area is 91.1 Å². The number of piperidine rings is 1. The molecule has 3 atom stereocenters. The van der Waals surface area contributed by atoms with E-state index in [4.69, 9.17) is 0 Å². The molecule has 2 nitrogen and oxygen atoms in total. The predicted molar refractivity (Wildman–Crippen MR) is 61.8 cm³/mol. The summed E-state index contributed by atoms with van der Waals surface area (Å²) in [6, 6.07) is 0.653. The first-order valence-corrected chi connectivity index (χ1v) is 6.71. The highest BCUT2D eigenvalue weighted by Crippen LogP contribution is 2.34. The van der Waals surface area contributed by atoms with Gasteiger partial charge in [-0.05, 0) is 45.4 Å². The molecular weight excluding hydrogens is 194 g/mol. The quantitative estimate of drug-likeness (QED) is 0.759. The monoisotopic (exact) mass is 215 g/mol. The SMILES string of the molecule is CC(C1CCS1)N1CCC[C@](C)(O)C1. The zero-order valence-corrected chi connectivity index (χ0v) is 10.0. The van der Waals surface area contributed by atoms with Gasteiger partial charge in [0, 0.05) is 17.8 Å². The summed E-state index contributed by atoms with van der Waals surface area (Å²) >= 11 is 2.08. The summed E-state index contributed by atoms with van der Waals surface area (Å²) in [7, 11) is 0. The number of nitrogens with zero attached hydrogens (tertiary/aromatic N) is 1. The van der Waals surface area contributed by atoms with E-state index >= 15 is 0 Å². The van der Waals surface area contributed by atoms with Crippen LogP contribution in [0.4, 0.5) is 0 Å². The first kappa shape index (κ1) is 10.8. The normalized spacial score (nSPS) is 41.8. The zero-order valence-electron chi connectivity index (χ0n) is 9.20. The van der Waals surface area contributed by atoms with Crippen LogP contribution in [0.5, 0.6) is 0 Å². The van der Waals surface area contributed by atoms with Crippen LogP contribution in [0, 0.1) is 0 Å². The largest absolute Gasteiger partial charge is 0.389 e. The summed E-state index contributed by atoms with van der Waals surface area (Å²) < 4.78 is 0. The van der Waals surface area contributed by atoms with Crippen LogP contribution < -0.4 is 0 Å². The van der Waals surface area contributed by atoms with Crippen molar-refractivity contribution in [2.45, 2.75) is 50.0 Å². The lowest BCUT2D eigenvalue weighted by Crippen LogP contribution is -2.53. The van der Waals surface area contributed by atoms with Gasteiger partial charge in [0.1, 0.15) is 0 Å². The molecule has 2 rings (SSSR count). The van der Waals surface area contributed by atoms with E-state index in [0.29, 0.717) is 6.04 Å². The van der Waals surface area contributed by atoms with E-state index < -0.39 is 5.60 Å². The van der Waals surface area contributed by atoms with Crippen molar-refractivity contribution < 1.29 is 5.11 Å². The van der Waals surface area contributed by atoms with E-state index in [2.05, 4.69) is 23.6 Å². The molecule has 0 radical (unpaired) electrons. The van der Waals surface area contributed by atoms with E-state index in [1.807, 2.05) is 6.92 Å². The maximum Gasteiger partial charge on any atom is 0.0746 e. The maximum atomic E-state index is 10.0. The first-order valence-electron chi connectivity index (χ1n) is 5.66. The Bertz CT molecular complexity index is 203. The molecule has 82 valence electrons. The van der Waals surface area contributed by atoms with Gasteiger partial charge in [0.05, 0.1) is 5.60 Å². The molecule has 2 aliphatic heterocycles. The van der Waals surface area contributed by atoms with Crippen molar-refractivity contribution in [2.75, 3.05) is 18.8 Å².